The first-order valence-electron chi connectivity index (χ1n) is 10.9. The Hall–Kier alpha value is -1.72. The molecule has 4 saturated carbocycles. The molecular formula is C24H31N3OS. The molecule has 0 unspecified atom stereocenters. The number of rotatable bonds is 5. The van der Waals surface area contributed by atoms with Gasteiger partial charge < -0.3 is 5.32 Å². The summed E-state index contributed by atoms with van der Waals surface area (Å²) in [7, 11) is 2.16. The summed E-state index contributed by atoms with van der Waals surface area (Å²) in [5, 5.41) is 5.77. The van der Waals surface area contributed by atoms with Crippen LogP contribution in [0.2, 0.25) is 0 Å². The van der Waals surface area contributed by atoms with Gasteiger partial charge in [-0.1, -0.05) is 12.1 Å². The van der Waals surface area contributed by atoms with Crippen molar-refractivity contribution >= 4 is 22.4 Å². The number of carbonyl (C=O) groups excluding carboxylic acids is 1. The average molecular weight is 410 g/mol. The summed E-state index contributed by atoms with van der Waals surface area (Å²) in [5.41, 5.74) is 4.85. The molecule has 4 bridgehead atoms. The quantitative estimate of drug-likeness (QED) is 0.732. The van der Waals surface area contributed by atoms with E-state index in [2.05, 4.69) is 54.3 Å². The van der Waals surface area contributed by atoms with Crippen LogP contribution in [0.15, 0.2) is 23.6 Å². The number of hydrogen-bond acceptors (Lipinski definition) is 4. The minimum Gasteiger partial charge on any atom is -0.301 e. The smallest absolute Gasteiger partial charge is 0.240 e. The number of aromatic nitrogens is 1. The minimum atomic E-state index is 0.0595. The molecule has 0 spiro atoms. The molecular weight excluding hydrogens is 378 g/mol. The van der Waals surface area contributed by atoms with Crippen molar-refractivity contribution in [1.82, 2.24) is 9.88 Å². The van der Waals surface area contributed by atoms with Crippen molar-refractivity contribution in [3.63, 3.8) is 0 Å². The van der Waals surface area contributed by atoms with Crippen LogP contribution in [0.5, 0.6) is 0 Å². The number of nitrogens with zero attached hydrogens (tertiary/aromatic N) is 2. The Kier molecular flexibility index (Phi) is 4.78. The van der Waals surface area contributed by atoms with Crippen molar-refractivity contribution < 1.29 is 4.79 Å². The summed E-state index contributed by atoms with van der Waals surface area (Å²) >= 11 is 1.51. The van der Waals surface area contributed by atoms with Crippen LogP contribution in [-0.4, -0.2) is 34.9 Å². The maximum Gasteiger partial charge on any atom is 0.240 e. The van der Waals surface area contributed by atoms with Gasteiger partial charge in [0.1, 0.15) is 0 Å². The molecule has 1 aromatic carbocycles. The molecule has 29 heavy (non-hydrogen) atoms. The maximum absolute atomic E-state index is 12.8. The van der Waals surface area contributed by atoms with Gasteiger partial charge in [-0.3, -0.25) is 9.69 Å². The molecule has 1 amide bonds. The van der Waals surface area contributed by atoms with E-state index in [0.29, 0.717) is 11.7 Å². The molecule has 4 nitrogen and oxygen atoms in total. The Bertz CT molecular complexity index is 899. The van der Waals surface area contributed by atoms with Crippen LogP contribution in [-0.2, 0) is 4.79 Å². The fraction of sp³-hybridized carbons (Fsp3) is 0.583. The van der Waals surface area contributed by atoms with Gasteiger partial charge in [-0.2, -0.15) is 0 Å². The first kappa shape index (κ1) is 19.3. The van der Waals surface area contributed by atoms with E-state index >= 15 is 0 Å². The number of anilines is 1. The molecule has 5 heteroatoms. The van der Waals surface area contributed by atoms with E-state index in [9.17, 15) is 4.79 Å². The highest BCUT2D eigenvalue weighted by Gasteiger charge is 2.52. The lowest BCUT2D eigenvalue weighted by atomic mass is 9.52. The van der Waals surface area contributed by atoms with E-state index in [1.807, 2.05) is 5.38 Å². The number of amides is 1. The maximum atomic E-state index is 12.8. The van der Waals surface area contributed by atoms with Crippen molar-refractivity contribution in [1.29, 1.82) is 0 Å². The predicted octanol–water partition coefficient (Wildman–Crippen LogP) is 5.27. The van der Waals surface area contributed by atoms with Gasteiger partial charge in [-0.05, 0) is 94.4 Å². The van der Waals surface area contributed by atoms with Crippen LogP contribution in [0, 0.1) is 31.6 Å². The summed E-state index contributed by atoms with van der Waals surface area (Å²) < 4.78 is 0. The van der Waals surface area contributed by atoms with E-state index < -0.39 is 0 Å². The second kappa shape index (κ2) is 7.21. The first-order chi connectivity index (χ1) is 13.9. The van der Waals surface area contributed by atoms with Crippen LogP contribution in [0.1, 0.15) is 49.7 Å². The molecule has 4 aliphatic carbocycles. The predicted molar refractivity (Wildman–Crippen MR) is 119 cm³/mol. The lowest BCUT2D eigenvalue weighted by molar-refractivity contribution is -0.123. The normalized spacial score (nSPS) is 30.1. The van der Waals surface area contributed by atoms with Crippen molar-refractivity contribution in [3.8, 4) is 11.3 Å². The number of hydrogen-bond donors (Lipinski definition) is 1. The van der Waals surface area contributed by atoms with Gasteiger partial charge in [-0.25, -0.2) is 4.98 Å². The van der Waals surface area contributed by atoms with Gasteiger partial charge in [0.15, 0.2) is 5.13 Å². The fourth-order valence-electron chi connectivity index (χ4n) is 6.44. The average Bonchev–Trinajstić information content (AvgIpc) is 3.11. The zero-order valence-electron chi connectivity index (χ0n) is 17.7. The molecule has 0 atom stereocenters. The summed E-state index contributed by atoms with van der Waals surface area (Å²) in [6, 6.07) is 6.39. The van der Waals surface area contributed by atoms with Crippen molar-refractivity contribution in [2.24, 2.45) is 17.8 Å². The third-order valence-electron chi connectivity index (χ3n) is 7.75. The Morgan fingerprint density at radius 1 is 1.14 bits per heavy atom. The summed E-state index contributed by atoms with van der Waals surface area (Å²) in [4.78, 5) is 19.8. The fourth-order valence-corrected chi connectivity index (χ4v) is 7.17. The Morgan fingerprint density at radius 3 is 2.41 bits per heavy atom. The Morgan fingerprint density at radius 2 is 1.79 bits per heavy atom. The molecule has 6 rings (SSSR count). The zero-order valence-corrected chi connectivity index (χ0v) is 18.5. The molecule has 0 saturated heterocycles. The molecule has 1 N–H and O–H groups in total. The second-order valence-corrected chi connectivity index (χ2v) is 10.7. The molecule has 4 aliphatic rings. The lowest BCUT2D eigenvalue weighted by Gasteiger charge is -2.59. The third kappa shape index (κ3) is 3.64. The molecule has 1 heterocycles. The minimum absolute atomic E-state index is 0.0595. The number of benzene rings is 1. The molecule has 0 radical (unpaired) electrons. The summed E-state index contributed by atoms with van der Waals surface area (Å²) in [5.74, 6) is 2.74. The SMILES string of the molecule is Cc1ccc(-c2csc(NC(=O)CN(C)C34CC5CC(CC(C5)C3)C4)n2)cc1C. The monoisotopic (exact) mass is 409 g/mol. The number of aryl methyl sites for hydroxylation is 2. The summed E-state index contributed by atoms with van der Waals surface area (Å²) in [6.45, 7) is 4.70. The van der Waals surface area contributed by atoms with Gasteiger partial charge in [0.25, 0.3) is 0 Å². The molecule has 2 aromatic rings. The highest BCUT2D eigenvalue weighted by molar-refractivity contribution is 7.14. The van der Waals surface area contributed by atoms with E-state index in [1.165, 1.54) is 61.0 Å². The summed E-state index contributed by atoms with van der Waals surface area (Å²) in [6.07, 6.45) is 8.16. The Labute approximate surface area is 177 Å². The molecule has 4 fully saturated rings. The van der Waals surface area contributed by atoms with Gasteiger partial charge in [0.05, 0.1) is 12.2 Å². The number of thiazole rings is 1. The van der Waals surface area contributed by atoms with Crippen molar-refractivity contribution in [2.45, 2.75) is 57.9 Å². The van der Waals surface area contributed by atoms with E-state index in [0.717, 1.165) is 29.0 Å². The zero-order chi connectivity index (χ0) is 20.2. The highest BCUT2D eigenvalue weighted by atomic mass is 32.1. The van der Waals surface area contributed by atoms with Crippen LogP contribution in [0.4, 0.5) is 5.13 Å². The van der Waals surface area contributed by atoms with Gasteiger partial charge in [0.2, 0.25) is 5.91 Å². The topological polar surface area (TPSA) is 45.2 Å². The van der Waals surface area contributed by atoms with Crippen molar-refractivity contribution in [3.05, 3.63) is 34.7 Å². The van der Waals surface area contributed by atoms with Gasteiger partial charge >= 0.3 is 0 Å². The van der Waals surface area contributed by atoms with Crippen molar-refractivity contribution in [2.75, 3.05) is 18.9 Å². The molecule has 154 valence electrons. The number of carbonyl (C=O) groups is 1. The second-order valence-electron chi connectivity index (χ2n) is 9.88. The van der Waals surface area contributed by atoms with Gasteiger partial charge in [0, 0.05) is 16.5 Å². The van der Waals surface area contributed by atoms with Gasteiger partial charge in [-0.15, -0.1) is 11.3 Å². The first-order valence-corrected chi connectivity index (χ1v) is 11.8. The van der Waals surface area contributed by atoms with Crippen LogP contribution < -0.4 is 5.32 Å². The van der Waals surface area contributed by atoms with Crippen LogP contribution in [0.25, 0.3) is 11.3 Å². The third-order valence-corrected chi connectivity index (χ3v) is 8.51. The van der Waals surface area contributed by atoms with E-state index in [4.69, 9.17) is 0 Å². The van der Waals surface area contributed by atoms with Crippen LogP contribution >= 0.6 is 11.3 Å². The Balaban J connectivity index is 1.23. The van der Waals surface area contributed by atoms with Crippen LogP contribution in [0.3, 0.4) is 0 Å². The van der Waals surface area contributed by atoms with E-state index in [1.54, 1.807) is 0 Å². The lowest BCUT2D eigenvalue weighted by Crippen LogP contribution is -2.59. The highest BCUT2D eigenvalue weighted by Crippen LogP contribution is 2.57. The largest absolute Gasteiger partial charge is 0.301 e. The molecule has 0 aliphatic heterocycles. The molecule has 1 aromatic heterocycles. The number of nitrogens with one attached hydrogen (secondary N) is 1. The standard InChI is InChI=1S/C24H31N3OS/c1-15-4-5-20(6-16(15)2)21-14-29-23(25-21)26-22(28)13-27(3)24-10-17-7-18(11-24)9-19(8-17)12-24/h4-6,14,17-19H,7-13H2,1-3H3,(H,25,26,28). The van der Waals surface area contributed by atoms with E-state index in [-0.39, 0.29) is 11.4 Å². The number of likely N-dealkylation sites (N-methyl/N-ethyl adjacent to an activating group) is 1.